The molecular weight excluding hydrogens is 480 g/mol. The van der Waals surface area contributed by atoms with Gasteiger partial charge in [-0.05, 0) is 30.7 Å². The summed E-state index contributed by atoms with van der Waals surface area (Å²) in [4.78, 5) is 13.8. The first kappa shape index (κ1) is 24.1. The van der Waals surface area contributed by atoms with E-state index in [1.807, 2.05) is 43.5 Å². The predicted octanol–water partition coefficient (Wildman–Crippen LogP) is 1.86. The second kappa shape index (κ2) is 9.44. The number of nitrogens with one attached hydrogen (secondary N) is 1. The summed E-state index contributed by atoms with van der Waals surface area (Å²) in [6.07, 6.45) is 4.83. The van der Waals surface area contributed by atoms with Crippen molar-refractivity contribution in [3.8, 4) is 22.9 Å². The Morgan fingerprint density at radius 1 is 1.17 bits per heavy atom. The number of hydrogen-bond donors (Lipinski definition) is 1. The van der Waals surface area contributed by atoms with Crippen LogP contribution < -0.4 is 15.0 Å². The van der Waals surface area contributed by atoms with Crippen molar-refractivity contribution in [1.29, 1.82) is 5.26 Å². The first-order chi connectivity index (χ1) is 17.2. The lowest BCUT2D eigenvalue weighted by molar-refractivity contribution is -0.119. The first-order valence-corrected chi connectivity index (χ1v) is 13.7. The lowest BCUT2D eigenvalue weighted by Gasteiger charge is -2.34. The van der Waals surface area contributed by atoms with Crippen LogP contribution in [0.25, 0.3) is 16.6 Å². The van der Waals surface area contributed by atoms with Gasteiger partial charge in [-0.2, -0.15) is 14.7 Å². The Hall–Kier alpha value is -3.62. The molecule has 5 rings (SSSR count). The fraction of sp³-hybridized carbons (Fsp3) is 0.400. The average Bonchev–Trinajstić information content (AvgIpc) is 3.50. The van der Waals surface area contributed by atoms with Gasteiger partial charge in [0.1, 0.15) is 29.0 Å². The average molecular weight is 509 g/mol. The second-order valence-corrected chi connectivity index (χ2v) is 11.3. The minimum Gasteiger partial charge on any atom is -0.488 e. The van der Waals surface area contributed by atoms with Crippen LogP contribution in [0.3, 0.4) is 0 Å². The molecule has 2 saturated heterocycles. The van der Waals surface area contributed by atoms with Crippen molar-refractivity contribution < 1.29 is 17.9 Å². The number of aromatic nitrogens is 2. The van der Waals surface area contributed by atoms with Crippen molar-refractivity contribution in [1.82, 2.24) is 19.2 Å². The maximum Gasteiger partial charge on any atom is 0.220 e. The van der Waals surface area contributed by atoms with E-state index in [2.05, 4.69) is 21.4 Å². The molecule has 0 bridgehead atoms. The molecule has 0 radical (unpaired) electrons. The summed E-state index contributed by atoms with van der Waals surface area (Å²) in [6, 6.07) is 12.2. The SMILES string of the molecule is C[C@@H](Oc1cc(-c2ccc(N3CCN(S(C)(=O)=O)CC3)cc2)cn2ncc(C#N)c12)C1CNC(=O)C1. The van der Waals surface area contributed by atoms with Crippen LogP contribution >= 0.6 is 0 Å². The van der Waals surface area contributed by atoms with E-state index in [1.165, 1.54) is 16.8 Å². The normalized spacial score (nSPS) is 19.8. The lowest BCUT2D eigenvalue weighted by Crippen LogP contribution is -2.48. The van der Waals surface area contributed by atoms with E-state index >= 15 is 0 Å². The molecule has 188 valence electrons. The Morgan fingerprint density at radius 2 is 1.89 bits per heavy atom. The molecule has 2 aliphatic heterocycles. The number of nitriles is 1. The molecule has 0 aliphatic carbocycles. The van der Waals surface area contributed by atoms with E-state index in [1.54, 1.807) is 4.52 Å². The summed E-state index contributed by atoms with van der Waals surface area (Å²) in [6.45, 7) is 4.72. The number of nitrogens with zero attached hydrogens (tertiary/aromatic N) is 5. The maximum absolute atomic E-state index is 11.8. The van der Waals surface area contributed by atoms with Gasteiger partial charge in [-0.15, -0.1) is 0 Å². The van der Waals surface area contributed by atoms with E-state index in [0.29, 0.717) is 56.0 Å². The first-order valence-electron chi connectivity index (χ1n) is 11.9. The van der Waals surface area contributed by atoms with Gasteiger partial charge in [-0.25, -0.2) is 12.9 Å². The summed E-state index contributed by atoms with van der Waals surface area (Å²) < 4.78 is 33.0. The number of carbonyl (C=O) groups excluding carboxylic acids is 1. The summed E-state index contributed by atoms with van der Waals surface area (Å²) in [5, 5.41) is 16.8. The van der Waals surface area contributed by atoms with Gasteiger partial charge in [0.05, 0.1) is 12.5 Å². The summed E-state index contributed by atoms with van der Waals surface area (Å²) in [5.41, 5.74) is 3.90. The third-order valence-corrected chi connectivity index (χ3v) is 8.26. The quantitative estimate of drug-likeness (QED) is 0.540. The molecule has 0 spiro atoms. The number of hydrogen-bond acceptors (Lipinski definition) is 7. The van der Waals surface area contributed by atoms with Crippen molar-refractivity contribution in [3.63, 3.8) is 0 Å². The number of fused-ring (bicyclic) bond motifs is 1. The minimum absolute atomic E-state index is 0.0224. The minimum atomic E-state index is -3.17. The fourth-order valence-electron chi connectivity index (χ4n) is 4.81. The van der Waals surface area contributed by atoms with Crippen LogP contribution in [-0.4, -0.2) is 73.3 Å². The van der Waals surface area contributed by atoms with Gasteiger partial charge in [0.15, 0.2) is 0 Å². The zero-order chi connectivity index (χ0) is 25.4. The van der Waals surface area contributed by atoms with Crippen LogP contribution in [0.1, 0.15) is 18.9 Å². The highest BCUT2D eigenvalue weighted by atomic mass is 32.2. The highest BCUT2D eigenvalue weighted by Gasteiger charge is 2.29. The topological polar surface area (TPSA) is 120 Å². The van der Waals surface area contributed by atoms with Crippen molar-refractivity contribution in [2.45, 2.75) is 19.4 Å². The van der Waals surface area contributed by atoms with Gasteiger partial charge in [0, 0.05) is 62.5 Å². The van der Waals surface area contributed by atoms with E-state index in [4.69, 9.17) is 4.74 Å². The molecule has 4 heterocycles. The standard InChI is InChI=1S/C25H28N6O4S/c1-17(19-12-24(32)27-14-19)35-23-11-20(16-31-25(23)21(13-26)15-28-31)18-3-5-22(6-4-18)29-7-9-30(10-8-29)36(2,33)34/h3-6,11,15-17,19H,7-10,12,14H2,1-2H3,(H,27,32)/t17-,19?/m1/s1. The van der Waals surface area contributed by atoms with Gasteiger partial charge in [-0.1, -0.05) is 12.1 Å². The molecule has 36 heavy (non-hydrogen) atoms. The van der Waals surface area contributed by atoms with Crippen LogP contribution in [-0.2, 0) is 14.8 Å². The Balaban J connectivity index is 1.40. The van der Waals surface area contributed by atoms with Crippen molar-refractivity contribution in [2.75, 3.05) is 43.9 Å². The monoisotopic (exact) mass is 508 g/mol. The molecule has 10 nitrogen and oxygen atoms in total. The van der Waals surface area contributed by atoms with Crippen LogP contribution in [0.2, 0.25) is 0 Å². The number of benzene rings is 1. The van der Waals surface area contributed by atoms with Gasteiger partial charge in [-0.3, -0.25) is 4.79 Å². The molecule has 2 atom stereocenters. The Labute approximate surface area is 210 Å². The maximum atomic E-state index is 11.8. The molecule has 2 aliphatic rings. The molecule has 2 fully saturated rings. The molecule has 1 amide bonds. The number of carbonyl (C=O) groups is 1. The van der Waals surface area contributed by atoms with Crippen LogP contribution in [0.4, 0.5) is 5.69 Å². The van der Waals surface area contributed by atoms with E-state index in [0.717, 1.165) is 16.8 Å². The van der Waals surface area contributed by atoms with Gasteiger partial charge in [0.25, 0.3) is 0 Å². The molecule has 11 heteroatoms. The molecular formula is C25H28N6O4S. The smallest absolute Gasteiger partial charge is 0.220 e. The molecule has 0 saturated carbocycles. The Bertz CT molecular complexity index is 1440. The predicted molar refractivity (Wildman–Crippen MR) is 135 cm³/mol. The third kappa shape index (κ3) is 4.74. The van der Waals surface area contributed by atoms with E-state index in [9.17, 15) is 18.5 Å². The van der Waals surface area contributed by atoms with Crippen LogP contribution in [0.15, 0.2) is 42.7 Å². The number of pyridine rings is 1. The van der Waals surface area contributed by atoms with Crippen molar-refractivity contribution >= 4 is 27.1 Å². The fourth-order valence-corrected chi connectivity index (χ4v) is 5.64. The van der Waals surface area contributed by atoms with Gasteiger partial charge >= 0.3 is 0 Å². The van der Waals surface area contributed by atoms with Crippen LogP contribution in [0, 0.1) is 17.2 Å². The molecule has 3 aromatic rings. The number of anilines is 1. The summed E-state index contributed by atoms with van der Waals surface area (Å²) >= 11 is 0. The number of amides is 1. The lowest BCUT2D eigenvalue weighted by atomic mass is 10.0. The van der Waals surface area contributed by atoms with Crippen LogP contribution in [0.5, 0.6) is 5.75 Å². The van der Waals surface area contributed by atoms with Crippen molar-refractivity contribution in [2.24, 2.45) is 5.92 Å². The summed E-state index contributed by atoms with van der Waals surface area (Å²) in [5.74, 6) is 0.626. The van der Waals surface area contributed by atoms with E-state index < -0.39 is 10.0 Å². The summed E-state index contributed by atoms with van der Waals surface area (Å²) in [7, 11) is -3.17. The largest absolute Gasteiger partial charge is 0.488 e. The Morgan fingerprint density at radius 3 is 2.50 bits per heavy atom. The van der Waals surface area contributed by atoms with Gasteiger partial charge < -0.3 is 15.0 Å². The zero-order valence-corrected chi connectivity index (χ0v) is 21.0. The number of rotatable bonds is 6. The number of piperazine rings is 1. The van der Waals surface area contributed by atoms with Gasteiger partial charge in [0.2, 0.25) is 15.9 Å². The molecule has 2 aromatic heterocycles. The number of ether oxygens (including phenoxy) is 1. The zero-order valence-electron chi connectivity index (χ0n) is 20.2. The number of sulfonamides is 1. The molecule has 1 aromatic carbocycles. The highest BCUT2D eigenvalue weighted by molar-refractivity contribution is 7.88. The Kier molecular flexibility index (Phi) is 6.32. The van der Waals surface area contributed by atoms with Crippen molar-refractivity contribution in [3.05, 3.63) is 48.3 Å². The molecule has 1 unspecified atom stereocenters. The highest BCUT2D eigenvalue weighted by Crippen LogP contribution is 2.33. The third-order valence-electron chi connectivity index (χ3n) is 6.96. The second-order valence-electron chi connectivity index (χ2n) is 9.34. The van der Waals surface area contributed by atoms with E-state index in [-0.39, 0.29) is 17.9 Å². The molecule has 1 N–H and O–H groups in total.